The first-order valence-electron chi connectivity index (χ1n) is 4.41. The predicted molar refractivity (Wildman–Crippen MR) is 51.9 cm³/mol. The molecule has 0 aliphatic heterocycles. The molecule has 0 saturated carbocycles. The van der Waals surface area contributed by atoms with Crippen LogP contribution in [0.25, 0.3) is 0 Å². The summed E-state index contributed by atoms with van der Waals surface area (Å²) in [5, 5.41) is 0. The maximum Gasteiger partial charge on any atom is 0.0371 e. The molecule has 61 valence electrons. The summed E-state index contributed by atoms with van der Waals surface area (Å²) < 4.78 is 0. The fourth-order valence-corrected chi connectivity index (χ4v) is 1.88. The largest absolute Gasteiger partial charge is 0.103 e. The van der Waals surface area contributed by atoms with Crippen LogP contribution in [0.15, 0.2) is 36.9 Å². The van der Waals surface area contributed by atoms with Gasteiger partial charge in [0.05, 0.1) is 0 Å². The normalized spacial score (nSPS) is 16.8. The molecule has 0 aromatic heterocycles. The van der Waals surface area contributed by atoms with Gasteiger partial charge in [0.25, 0.3) is 0 Å². The van der Waals surface area contributed by atoms with Crippen LogP contribution in [0.4, 0.5) is 0 Å². The van der Waals surface area contributed by atoms with E-state index < -0.39 is 0 Å². The molecule has 1 unspecified atom stereocenters. The van der Waals surface area contributed by atoms with Gasteiger partial charge in [-0.15, -0.1) is 6.58 Å². The maximum atomic E-state index is 3.77. The van der Waals surface area contributed by atoms with Crippen molar-refractivity contribution in [3.05, 3.63) is 54.0 Å². The summed E-state index contributed by atoms with van der Waals surface area (Å²) in [4.78, 5) is 0. The zero-order chi connectivity index (χ0) is 8.55. The molecule has 2 aliphatic rings. The van der Waals surface area contributed by atoms with Crippen molar-refractivity contribution in [1.29, 1.82) is 0 Å². The Hall–Kier alpha value is -1.04. The molecule has 1 aromatic rings. The van der Waals surface area contributed by atoms with Gasteiger partial charge in [0, 0.05) is 5.92 Å². The average molecular weight is 157 g/mol. The van der Waals surface area contributed by atoms with Gasteiger partial charge in [-0.05, 0) is 23.5 Å². The molecule has 0 heteroatoms. The highest BCUT2D eigenvalue weighted by Gasteiger charge is 2.28. The quantitative estimate of drug-likeness (QED) is 0.591. The molecule has 0 spiro atoms. The van der Waals surface area contributed by atoms with E-state index in [1.54, 1.807) is 0 Å². The SMILES string of the molecule is C=CCC(C)[C]1c2cccc1c2. The minimum Gasteiger partial charge on any atom is -0.103 e. The van der Waals surface area contributed by atoms with Crippen LogP contribution in [-0.4, -0.2) is 0 Å². The van der Waals surface area contributed by atoms with E-state index in [2.05, 4.69) is 37.8 Å². The van der Waals surface area contributed by atoms with Gasteiger partial charge in [0.2, 0.25) is 0 Å². The van der Waals surface area contributed by atoms with Crippen molar-refractivity contribution >= 4 is 0 Å². The fourth-order valence-electron chi connectivity index (χ4n) is 1.88. The first kappa shape index (κ1) is 7.60. The van der Waals surface area contributed by atoms with Gasteiger partial charge >= 0.3 is 0 Å². The van der Waals surface area contributed by atoms with Gasteiger partial charge in [0.15, 0.2) is 0 Å². The third kappa shape index (κ3) is 0.989. The third-order valence-corrected chi connectivity index (χ3v) is 2.50. The van der Waals surface area contributed by atoms with E-state index >= 15 is 0 Å². The predicted octanol–water partition coefficient (Wildman–Crippen LogP) is 3.18. The molecule has 1 atom stereocenters. The third-order valence-electron chi connectivity index (χ3n) is 2.50. The van der Waals surface area contributed by atoms with E-state index in [9.17, 15) is 0 Å². The topological polar surface area (TPSA) is 0 Å². The molecular weight excluding hydrogens is 144 g/mol. The number of hydrogen-bond donors (Lipinski definition) is 0. The van der Waals surface area contributed by atoms with Gasteiger partial charge in [-0.3, -0.25) is 0 Å². The first-order valence-corrected chi connectivity index (χ1v) is 4.41. The van der Waals surface area contributed by atoms with Crippen LogP contribution >= 0.6 is 0 Å². The van der Waals surface area contributed by atoms with Crippen LogP contribution in [0.2, 0.25) is 0 Å². The number of allylic oxidation sites excluding steroid dienone is 1. The minimum absolute atomic E-state index is 0.638. The Labute approximate surface area is 73.9 Å². The Kier molecular flexibility index (Phi) is 1.76. The standard InChI is InChI=1S/C12H13/c1-3-5-9(2)12-10-6-4-7-11(12)8-10/h3-4,6-9H,1,5H2,2H3. The first-order chi connectivity index (χ1) is 5.83. The second-order valence-corrected chi connectivity index (χ2v) is 3.42. The molecule has 2 bridgehead atoms. The van der Waals surface area contributed by atoms with E-state index in [0.717, 1.165) is 6.42 Å². The minimum atomic E-state index is 0.638. The molecule has 2 aliphatic carbocycles. The zero-order valence-corrected chi connectivity index (χ0v) is 7.38. The van der Waals surface area contributed by atoms with Crippen LogP contribution in [0.1, 0.15) is 24.5 Å². The number of fused-ring (bicyclic) bond motifs is 2. The van der Waals surface area contributed by atoms with Gasteiger partial charge in [0.1, 0.15) is 0 Å². The van der Waals surface area contributed by atoms with Gasteiger partial charge < -0.3 is 0 Å². The van der Waals surface area contributed by atoms with Crippen LogP contribution < -0.4 is 0 Å². The van der Waals surface area contributed by atoms with Gasteiger partial charge in [-0.1, -0.05) is 37.3 Å². The van der Waals surface area contributed by atoms with Crippen molar-refractivity contribution in [3.8, 4) is 0 Å². The van der Waals surface area contributed by atoms with E-state index in [1.165, 1.54) is 17.0 Å². The molecule has 1 radical (unpaired) electrons. The molecule has 0 nitrogen and oxygen atoms in total. The van der Waals surface area contributed by atoms with Crippen LogP contribution in [0.5, 0.6) is 0 Å². The molecule has 0 fully saturated rings. The number of rotatable bonds is 3. The summed E-state index contributed by atoms with van der Waals surface area (Å²) in [5.74, 6) is 2.16. The lowest BCUT2D eigenvalue weighted by atomic mass is 9.72. The Balaban J connectivity index is 2.14. The Morgan fingerprint density at radius 2 is 2.08 bits per heavy atom. The van der Waals surface area contributed by atoms with Gasteiger partial charge in [-0.25, -0.2) is 0 Å². The van der Waals surface area contributed by atoms with E-state index in [-0.39, 0.29) is 0 Å². The van der Waals surface area contributed by atoms with E-state index in [0.29, 0.717) is 5.92 Å². The average Bonchev–Trinajstić information content (AvgIpc) is 2.05. The lowest BCUT2D eigenvalue weighted by Crippen LogP contribution is -2.19. The fraction of sp³-hybridized carbons (Fsp3) is 0.250. The van der Waals surface area contributed by atoms with E-state index in [4.69, 9.17) is 0 Å². The summed E-state index contributed by atoms with van der Waals surface area (Å²) in [7, 11) is 0. The molecule has 0 amide bonds. The van der Waals surface area contributed by atoms with Crippen molar-refractivity contribution < 1.29 is 0 Å². The van der Waals surface area contributed by atoms with Crippen molar-refractivity contribution in [2.45, 2.75) is 13.3 Å². The van der Waals surface area contributed by atoms with Crippen molar-refractivity contribution in [2.75, 3.05) is 0 Å². The lowest BCUT2D eigenvalue weighted by molar-refractivity contribution is 0.631. The molecule has 1 aromatic carbocycles. The van der Waals surface area contributed by atoms with Crippen LogP contribution in [0, 0.1) is 11.8 Å². The summed E-state index contributed by atoms with van der Waals surface area (Å²) in [6.45, 7) is 6.03. The molecule has 0 N–H and O–H groups in total. The summed E-state index contributed by atoms with van der Waals surface area (Å²) in [6.07, 6.45) is 3.08. The highest BCUT2D eigenvalue weighted by atomic mass is 14.3. The van der Waals surface area contributed by atoms with Crippen LogP contribution in [0.3, 0.4) is 0 Å². The van der Waals surface area contributed by atoms with Crippen molar-refractivity contribution in [3.63, 3.8) is 0 Å². The Morgan fingerprint density at radius 3 is 2.58 bits per heavy atom. The Morgan fingerprint density at radius 1 is 1.42 bits per heavy atom. The Bertz CT molecular complexity index is 272. The van der Waals surface area contributed by atoms with Gasteiger partial charge in [-0.2, -0.15) is 0 Å². The molecule has 12 heavy (non-hydrogen) atoms. The second-order valence-electron chi connectivity index (χ2n) is 3.42. The summed E-state index contributed by atoms with van der Waals surface area (Å²) in [5.41, 5.74) is 2.84. The lowest BCUT2D eigenvalue weighted by Gasteiger charge is -2.31. The summed E-state index contributed by atoms with van der Waals surface area (Å²) in [6, 6.07) is 8.73. The van der Waals surface area contributed by atoms with Crippen LogP contribution in [-0.2, 0) is 0 Å². The highest BCUT2D eigenvalue weighted by molar-refractivity contribution is 5.57. The van der Waals surface area contributed by atoms with Crippen molar-refractivity contribution in [2.24, 2.45) is 5.92 Å². The zero-order valence-electron chi connectivity index (χ0n) is 7.38. The number of hydrogen-bond acceptors (Lipinski definition) is 0. The second kappa shape index (κ2) is 2.78. The molecular formula is C12H13. The monoisotopic (exact) mass is 157 g/mol. The highest BCUT2D eigenvalue weighted by Crippen LogP contribution is 2.40. The molecule has 3 rings (SSSR count). The maximum absolute atomic E-state index is 3.77. The van der Waals surface area contributed by atoms with E-state index in [1.807, 2.05) is 6.08 Å². The van der Waals surface area contributed by atoms with Crippen molar-refractivity contribution in [1.82, 2.24) is 0 Å². The molecule has 0 heterocycles. The smallest absolute Gasteiger partial charge is 0.0371 e. The molecule has 0 saturated heterocycles. The summed E-state index contributed by atoms with van der Waals surface area (Å²) >= 11 is 0. The number of benzene rings is 1.